The van der Waals surface area contributed by atoms with E-state index < -0.39 is 0 Å². The monoisotopic (exact) mass is 309 g/mol. The van der Waals surface area contributed by atoms with E-state index in [4.69, 9.17) is 11.6 Å². The average molecular weight is 310 g/mol. The van der Waals surface area contributed by atoms with Gasteiger partial charge in [0.2, 0.25) is 5.91 Å². The van der Waals surface area contributed by atoms with Gasteiger partial charge in [0.15, 0.2) is 0 Å². The molecule has 108 valence electrons. The highest BCUT2D eigenvalue weighted by Gasteiger charge is 2.22. The van der Waals surface area contributed by atoms with Gasteiger partial charge in [-0.1, -0.05) is 41.9 Å². The van der Waals surface area contributed by atoms with Gasteiger partial charge in [0.05, 0.1) is 12.1 Å². The second kappa shape index (κ2) is 5.00. The van der Waals surface area contributed by atoms with Gasteiger partial charge in [0, 0.05) is 21.5 Å². The molecule has 4 rings (SSSR count). The number of aromatic nitrogens is 1. The first-order chi connectivity index (χ1) is 10.7. The molecular formula is C17H12ClN3O. The van der Waals surface area contributed by atoms with Gasteiger partial charge in [-0.2, -0.15) is 5.10 Å². The number of para-hydroxylation sites is 1. The number of aromatic amines is 1. The summed E-state index contributed by atoms with van der Waals surface area (Å²) in [6, 6.07) is 15.4. The largest absolute Gasteiger partial charge is 0.353 e. The highest BCUT2D eigenvalue weighted by atomic mass is 35.5. The molecule has 0 aliphatic carbocycles. The molecule has 2 N–H and O–H groups in total. The van der Waals surface area contributed by atoms with E-state index in [9.17, 15) is 4.79 Å². The SMILES string of the molecule is O=C1Cc2c([nH]c3ccccc23)C(c2ccc(Cl)cc2)=NN1. The maximum absolute atomic E-state index is 12.0. The number of carbonyl (C=O) groups is 1. The molecule has 3 aromatic rings. The topological polar surface area (TPSA) is 57.2 Å². The van der Waals surface area contributed by atoms with Crippen LogP contribution in [0.5, 0.6) is 0 Å². The number of hydrazone groups is 1. The summed E-state index contributed by atoms with van der Waals surface area (Å²) < 4.78 is 0. The number of hydrogen-bond donors (Lipinski definition) is 2. The van der Waals surface area contributed by atoms with Crippen molar-refractivity contribution in [2.45, 2.75) is 6.42 Å². The van der Waals surface area contributed by atoms with E-state index in [-0.39, 0.29) is 5.91 Å². The number of hydrogen-bond acceptors (Lipinski definition) is 2. The molecule has 22 heavy (non-hydrogen) atoms. The van der Waals surface area contributed by atoms with Crippen molar-refractivity contribution in [1.29, 1.82) is 0 Å². The minimum atomic E-state index is -0.116. The summed E-state index contributed by atoms with van der Waals surface area (Å²) in [7, 11) is 0. The van der Waals surface area contributed by atoms with Crippen molar-refractivity contribution in [1.82, 2.24) is 10.4 Å². The Morgan fingerprint density at radius 2 is 1.82 bits per heavy atom. The summed E-state index contributed by atoms with van der Waals surface area (Å²) in [5, 5.41) is 6.00. The normalized spacial score (nSPS) is 14.2. The van der Waals surface area contributed by atoms with E-state index in [1.807, 2.05) is 48.5 Å². The fourth-order valence-corrected chi connectivity index (χ4v) is 2.90. The number of fused-ring (bicyclic) bond motifs is 3. The zero-order chi connectivity index (χ0) is 15.1. The molecule has 0 spiro atoms. The molecule has 2 aromatic carbocycles. The summed E-state index contributed by atoms with van der Waals surface area (Å²) in [6.07, 6.45) is 0.305. The Bertz CT molecular complexity index is 909. The molecule has 0 bridgehead atoms. The second-order valence-electron chi connectivity index (χ2n) is 5.20. The zero-order valence-electron chi connectivity index (χ0n) is 11.6. The fourth-order valence-electron chi connectivity index (χ4n) is 2.78. The third kappa shape index (κ3) is 2.09. The van der Waals surface area contributed by atoms with Crippen LogP contribution in [0.4, 0.5) is 0 Å². The average Bonchev–Trinajstić information content (AvgIpc) is 2.79. The van der Waals surface area contributed by atoms with Crippen LogP contribution in [0.3, 0.4) is 0 Å². The fraction of sp³-hybridized carbons (Fsp3) is 0.0588. The van der Waals surface area contributed by atoms with E-state index in [1.54, 1.807) is 0 Å². The Morgan fingerprint density at radius 1 is 1.05 bits per heavy atom. The molecule has 0 fully saturated rings. The van der Waals surface area contributed by atoms with E-state index in [1.165, 1.54) is 0 Å². The summed E-state index contributed by atoms with van der Waals surface area (Å²) in [5.41, 5.74) is 7.07. The summed E-state index contributed by atoms with van der Waals surface area (Å²) in [4.78, 5) is 15.3. The number of nitrogens with one attached hydrogen (secondary N) is 2. The van der Waals surface area contributed by atoms with Crippen molar-refractivity contribution in [3.8, 4) is 0 Å². The van der Waals surface area contributed by atoms with Gasteiger partial charge in [0.25, 0.3) is 0 Å². The first-order valence-corrected chi connectivity index (χ1v) is 7.32. The van der Waals surface area contributed by atoms with Gasteiger partial charge in [-0.05, 0) is 23.8 Å². The highest BCUT2D eigenvalue weighted by Crippen LogP contribution is 2.27. The van der Waals surface area contributed by atoms with E-state index >= 15 is 0 Å². The highest BCUT2D eigenvalue weighted by molar-refractivity contribution is 6.30. The number of H-pyrrole nitrogens is 1. The molecule has 1 aliphatic heterocycles. The Kier molecular flexibility index (Phi) is 2.98. The maximum atomic E-state index is 12.0. The lowest BCUT2D eigenvalue weighted by atomic mass is 10.0. The molecule has 0 atom stereocenters. The van der Waals surface area contributed by atoms with E-state index in [2.05, 4.69) is 15.5 Å². The minimum Gasteiger partial charge on any atom is -0.353 e. The van der Waals surface area contributed by atoms with Crippen molar-refractivity contribution in [3.63, 3.8) is 0 Å². The number of benzene rings is 2. The molecule has 1 amide bonds. The number of amides is 1. The standard InChI is InChI=1S/C17H12ClN3O/c18-11-7-5-10(6-8-11)16-17-13(9-15(22)20-21-16)12-3-1-2-4-14(12)19-17/h1-8,19H,9H2,(H,20,22). The Hall–Kier alpha value is -2.59. The van der Waals surface area contributed by atoms with Crippen LogP contribution < -0.4 is 5.43 Å². The van der Waals surface area contributed by atoms with Gasteiger partial charge in [0.1, 0.15) is 5.71 Å². The van der Waals surface area contributed by atoms with Gasteiger partial charge >= 0.3 is 0 Å². The molecule has 0 radical (unpaired) electrons. The van der Waals surface area contributed by atoms with Crippen LogP contribution in [-0.4, -0.2) is 16.6 Å². The van der Waals surface area contributed by atoms with Crippen molar-refractivity contribution < 1.29 is 4.79 Å². The zero-order valence-corrected chi connectivity index (χ0v) is 12.3. The van der Waals surface area contributed by atoms with E-state index in [0.717, 1.165) is 27.7 Å². The molecule has 5 heteroatoms. The van der Waals surface area contributed by atoms with Crippen molar-refractivity contribution in [2.24, 2.45) is 5.10 Å². The van der Waals surface area contributed by atoms with Crippen LogP contribution in [0.2, 0.25) is 5.02 Å². The van der Waals surface area contributed by atoms with Gasteiger partial charge < -0.3 is 4.98 Å². The lowest BCUT2D eigenvalue weighted by Crippen LogP contribution is -2.18. The molecular weight excluding hydrogens is 298 g/mol. The van der Waals surface area contributed by atoms with E-state index in [0.29, 0.717) is 17.2 Å². The van der Waals surface area contributed by atoms with Gasteiger partial charge in [-0.3, -0.25) is 4.79 Å². The van der Waals surface area contributed by atoms with Crippen molar-refractivity contribution in [3.05, 3.63) is 70.4 Å². The first-order valence-electron chi connectivity index (χ1n) is 6.95. The van der Waals surface area contributed by atoms with Crippen LogP contribution in [0.1, 0.15) is 16.8 Å². The minimum absolute atomic E-state index is 0.116. The molecule has 0 saturated carbocycles. The molecule has 1 aliphatic rings. The first kappa shape index (κ1) is 13.1. The number of halogens is 1. The van der Waals surface area contributed by atoms with Crippen LogP contribution in [-0.2, 0) is 11.2 Å². The predicted molar refractivity (Wildman–Crippen MR) is 87.2 cm³/mol. The second-order valence-corrected chi connectivity index (χ2v) is 5.64. The van der Waals surface area contributed by atoms with Gasteiger partial charge in [-0.15, -0.1) is 0 Å². The third-order valence-electron chi connectivity index (χ3n) is 3.80. The van der Waals surface area contributed by atoms with Crippen LogP contribution in [0.25, 0.3) is 10.9 Å². The molecule has 1 aromatic heterocycles. The van der Waals surface area contributed by atoms with Crippen LogP contribution >= 0.6 is 11.6 Å². The Labute approximate surface area is 131 Å². The Morgan fingerprint density at radius 3 is 2.64 bits per heavy atom. The maximum Gasteiger partial charge on any atom is 0.244 e. The lowest BCUT2D eigenvalue weighted by Gasteiger charge is -2.04. The number of nitrogens with zero attached hydrogens (tertiary/aromatic N) is 1. The van der Waals surface area contributed by atoms with Crippen molar-refractivity contribution >= 4 is 34.1 Å². The third-order valence-corrected chi connectivity index (χ3v) is 4.05. The van der Waals surface area contributed by atoms with Crippen LogP contribution in [0, 0.1) is 0 Å². The van der Waals surface area contributed by atoms with Crippen molar-refractivity contribution in [2.75, 3.05) is 0 Å². The summed E-state index contributed by atoms with van der Waals surface area (Å²) >= 11 is 5.95. The quantitative estimate of drug-likeness (QED) is 0.712. The lowest BCUT2D eigenvalue weighted by molar-refractivity contribution is -0.120. The van der Waals surface area contributed by atoms with Gasteiger partial charge in [-0.25, -0.2) is 5.43 Å². The molecule has 0 unspecified atom stereocenters. The summed E-state index contributed by atoms with van der Waals surface area (Å²) in [6.45, 7) is 0. The number of rotatable bonds is 1. The van der Waals surface area contributed by atoms with Crippen LogP contribution in [0.15, 0.2) is 53.6 Å². The molecule has 4 nitrogen and oxygen atoms in total. The number of carbonyl (C=O) groups excluding carboxylic acids is 1. The molecule has 2 heterocycles. The Balaban J connectivity index is 1.97. The smallest absolute Gasteiger partial charge is 0.244 e. The molecule has 0 saturated heterocycles. The summed E-state index contributed by atoms with van der Waals surface area (Å²) in [5.74, 6) is -0.116. The predicted octanol–water partition coefficient (Wildman–Crippen LogP) is 3.25.